The first kappa shape index (κ1) is 7.16. The first-order chi connectivity index (χ1) is 4.33. The quantitative estimate of drug-likeness (QED) is 0.458. The molecule has 0 aromatic carbocycles. The van der Waals surface area contributed by atoms with Gasteiger partial charge in [0, 0.05) is 24.9 Å². The minimum atomic E-state index is 0.634. The second kappa shape index (κ2) is 3.28. The van der Waals surface area contributed by atoms with Gasteiger partial charge in [0.2, 0.25) is 0 Å². The lowest BCUT2D eigenvalue weighted by atomic mass is 10.2. The molecule has 0 spiro atoms. The Morgan fingerprint density at radius 2 is 2.33 bits per heavy atom. The van der Waals surface area contributed by atoms with Gasteiger partial charge in [0.15, 0.2) is 0 Å². The monoisotopic (exact) mass is 143 g/mol. The van der Waals surface area contributed by atoms with E-state index in [1.54, 1.807) is 0 Å². The summed E-state index contributed by atoms with van der Waals surface area (Å²) in [6.07, 6.45) is 3.08. The van der Waals surface area contributed by atoms with Crippen molar-refractivity contribution in [1.29, 1.82) is 0 Å². The van der Waals surface area contributed by atoms with Crippen molar-refractivity contribution in [1.82, 2.24) is 4.90 Å². The molecule has 52 valence electrons. The molecular weight excluding hydrogens is 130 g/mol. The number of rotatable bonds is 3. The number of hydrogen-bond donors (Lipinski definition) is 1. The van der Waals surface area contributed by atoms with Crippen LogP contribution in [0.4, 0.5) is 0 Å². The maximum atomic E-state index is 4.30. The van der Waals surface area contributed by atoms with Crippen molar-refractivity contribution in [2.24, 2.45) is 0 Å². The van der Waals surface area contributed by atoms with E-state index in [0.717, 1.165) is 19.5 Å². The third-order valence-corrected chi connectivity index (χ3v) is 1.91. The third-order valence-electron chi connectivity index (χ3n) is 1.59. The minimum absolute atomic E-state index is 0.634. The fourth-order valence-corrected chi connectivity index (χ4v) is 1.46. The highest BCUT2D eigenvalue weighted by molar-refractivity contribution is 7.81. The Bertz CT molecular complexity index is 97.1. The van der Waals surface area contributed by atoms with Gasteiger partial charge in [0.25, 0.3) is 0 Å². The third kappa shape index (κ3) is 2.03. The van der Waals surface area contributed by atoms with Crippen LogP contribution in [0.1, 0.15) is 6.42 Å². The molecule has 0 N–H and O–H groups in total. The van der Waals surface area contributed by atoms with Crippen molar-refractivity contribution in [2.75, 3.05) is 19.6 Å². The summed E-state index contributed by atoms with van der Waals surface area (Å²) < 4.78 is 0. The molecule has 1 aliphatic rings. The molecule has 0 aromatic rings. The SMILES string of the molecule is C=CCCN1CC(S)C1. The first-order valence-electron chi connectivity index (χ1n) is 3.34. The number of nitrogens with zero attached hydrogens (tertiary/aromatic N) is 1. The average molecular weight is 143 g/mol. The Kier molecular flexibility index (Phi) is 2.61. The van der Waals surface area contributed by atoms with E-state index in [-0.39, 0.29) is 0 Å². The zero-order valence-corrected chi connectivity index (χ0v) is 6.48. The average Bonchev–Trinajstić information content (AvgIpc) is 1.78. The van der Waals surface area contributed by atoms with E-state index in [1.807, 2.05) is 6.08 Å². The maximum absolute atomic E-state index is 4.30. The smallest absolute Gasteiger partial charge is 0.0272 e. The molecule has 0 aromatic heterocycles. The van der Waals surface area contributed by atoms with Gasteiger partial charge in [0.1, 0.15) is 0 Å². The number of hydrogen-bond acceptors (Lipinski definition) is 2. The lowest BCUT2D eigenvalue weighted by Gasteiger charge is -2.36. The molecule has 0 unspecified atom stereocenters. The van der Waals surface area contributed by atoms with Crippen molar-refractivity contribution in [3.05, 3.63) is 12.7 Å². The lowest BCUT2D eigenvalue weighted by molar-refractivity contribution is 0.195. The van der Waals surface area contributed by atoms with E-state index in [2.05, 4.69) is 24.1 Å². The van der Waals surface area contributed by atoms with Crippen LogP contribution in [-0.2, 0) is 0 Å². The van der Waals surface area contributed by atoms with E-state index in [4.69, 9.17) is 0 Å². The van der Waals surface area contributed by atoms with Crippen molar-refractivity contribution < 1.29 is 0 Å². The maximum Gasteiger partial charge on any atom is 0.0272 e. The van der Waals surface area contributed by atoms with Crippen molar-refractivity contribution >= 4 is 12.6 Å². The van der Waals surface area contributed by atoms with Gasteiger partial charge in [-0.05, 0) is 6.42 Å². The molecule has 1 nitrogen and oxygen atoms in total. The van der Waals surface area contributed by atoms with Crippen LogP contribution in [0.5, 0.6) is 0 Å². The van der Waals surface area contributed by atoms with E-state index in [1.165, 1.54) is 6.54 Å². The zero-order chi connectivity index (χ0) is 6.69. The van der Waals surface area contributed by atoms with Gasteiger partial charge in [-0.25, -0.2) is 0 Å². The van der Waals surface area contributed by atoms with Gasteiger partial charge in [-0.1, -0.05) is 6.08 Å². The van der Waals surface area contributed by atoms with Crippen molar-refractivity contribution in [2.45, 2.75) is 11.7 Å². The number of likely N-dealkylation sites (tertiary alicyclic amines) is 1. The summed E-state index contributed by atoms with van der Waals surface area (Å²) in [5, 5.41) is 0.634. The van der Waals surface area contributed by atoms with Crippen LogP contribution in [0.2, 0.25) is 0 Å². The summed E-state index contributed by atoms with van der Waals surface area (Å²) in [6, 6.07) is 0. The molecule has 0 saturated carbocycles. The largest absolute Gasteiger partial charge is 0.301 e. The first-order valence-corrected chi connectivity index (χ1v) is 3.86. The molecule has 1 fully saturated rings. The van der Waals surface area contributed by atoms with Gasteiger partial charge in [-0.2, -0.15) is 12.6 Å². The van der Waals surface area contributed by atoms with E-state index >= 15 is 0 Å². The van der Waals surface area contributed by atoms with Gasteiger partial charge >= 0.3 is 0 Å². The van der Waals surface area contributed by atoms with Crippen LogP contribution >= 0.6 is 12.6 Å². The molecule has 0 radical (unpaired) electrons. The molecule has 0 atom stereocenters. The Labute approximate surface area is 62.1 Å². The zero-order valence-electron chi connectivity index (χ0n) is 5.58. The van der Waals surface area contributed by atoms with Crippen LogP contribution < -0.4 is 0 Å². The van der Waals surface area contributed by atoms with E-state index < -0.39 is 0 Å². The van der Waals surface area contributed by atoms with E-state index in [9.17, 15) is 0 Å². The molecule has 2 heteroatoms. The van der Waals surface area contributed by atoms with Gasteiger partial charge < -0.3 is 4.90 Å². The highest BCUT2D eigenvalue weighted by atomic mass is 32.1. The van der Waals surface area contributed by atoms with Crippen molar-refractivity contribution in [3.63, 3.8) is 0 Å². The van der Waals surface area contributed by atoms with Crippen LogP contribution in [0.3, 0.4) is 0 Å². The van der Waals surface area contributed by atoms with Crippen LogP contribution in [-0.4, -0.2) is 29.8 Å². The van der Waals surface area contributed by atoms with Gasteiger partial charge in [0.05, 0.1) is 0 Å². The topological polar surface area (TPSA) is 3.24 Å². The molecule has 0 bridgehead atoms. The Hall–Kier alpha value is 0.0500. The molecule has 1 aliphatic heterocycles. The lowest BCUT2D eigenvalue weighted by Crippen LogP contribution is -2.47. The standard InChI is InChI=1S/C7H13NS/c1-2-3-4-8-5-7(9)6-8/h2,7,9H,1,3-6H2. The second-order valence-corrected chi connectivity index (χ2v) is 3.22. The predicted octanol–water partition coefficient (Wildman–Crippen LogP) is 1.18. The molecule has 9 heavy (non-hydrogen) atoms. The summed E-state index contributed by atoms with van der Waals surface area (Å²) in [4.78, 5) is 2.39. The summed E-state index contributed by atoms with van der Waals surface area (Å²) >= 11 is 4.30. The Morgan fingerprint density at radius 1 is 1.67 bits per heavy atom. The highest BCUT2D eigenvalue weighted by Crippen LogP contribution is 2.12. The van der Waals surface area contributed by atoms with Crippen LogP contribution in [0.15, 0.2) is 12.7 Å². The van der Waals surface area contributed by atoms with Crippen LogP contribution in [0, 0.1) is 0 Å². The molecule has 1 rings (SSSR count). The molecule has 1 heterocycles. The second-order valence-electron chi connectivity index (χ2n) is 2.49. The predicted molar refractivity (Wildman–Crippen MR) is 44.0 cm³/mol. The Balaban J connectivity index is 1.97. The van der Waals surface area contributed by atoms with Crippen LogP contribution in [0.25, 0.3) is 0 Å². The summed E-state index contributed by atoms with van der Waals surface area (Å²) in [7, 11) is 0. The number of thiol groups is 1. The summed E-state index contributed by atoms with van der Waals surface area (Å²) in [5.41, 5.74) is 0. The molecule has 0 aliphatic carbocycles. The summed E-state index contributed by atoms with van der Waals surface area (Å²) in [6.45, 7) is 7.16. The molecule has 1 saturated heterocycles. The molecule has 0 amide bonds. The fraction of sp³-hybridized carbons (Fsp3) is 0.714. The summed E-state index contributed by atoms with van der Waals surface area (Å²) in [5.74, 6) is 0. The van der Waals surface area contributed by atoms with E-state index in [0.29, 0.717) is 5.25 Å². The molecular formula is C7H13NS. The van der Waals surface area contributed by atoms with Gasteiger partial charge in [-0.15, -0.1) is 6.58 Å². The fourth-order valence-electron chi connectivity index (χ4n) is 0.999. The Morgan fingerprint density at radius 3 is 2.78 bits per heavy atom. The minimum Gasteiger partial charge on any atom is -0.301 e. The van der Waals surface area contributed by atoms with Crippen molar-refractivity contribution in [3.8, 4) is 0 Å². The normalized spacial score (nSPS) is 21.4. The highest BCUT2D eigenvalue weighted by Gasteiger charge is 2.21. The van der Waals surface area contributed by atoms with Gasteiger partial charge in [-0.3, -0.25) is 0 Å².